The summed E-state index contributed by atoms with van der Waals surface area (Å²) in [6.45, 7) is 0. The Morgan fingerprint density at radius 3 is 2.39 bits per heavy atom. The Kier molecular flexibility index (Phi) is 4.63. The molecule has 2 amide bonds. The lowest BCUT2D eigenvalue weighted by atomic mass is 10.1. The average Bonchev–Trinajstić information content (AvgIpc) is 2.72. The van der Waals surface area contributed by atoms with E-state index in [1.165, 1.54) is 6.20 Å². The van der Waals surface area contributed by atoms with Gasteiger partial charge in [-0.2, -0.15) is 0 Å². The van der Waals surface area contributed by atoms with Gasteiger partial charge in [-0.3, -0.25) is 19.6 Å². The number of primary amides is 1. The molecule has 4 aromatic rings. The van der Waals surface area contributed by atoms with Crippen LogP contribution in [0, 0.1) is 0 Å². The van der Waals surface area contributed by atoms with Crippen molar-refractivity contribution in [1.29, 1.82) is 0 Å². The number of carbonyl (C=O) groups is 2. The Morgan fingerprint density at radius 2 is 1.61 bits per heavy atom. The van der Waals surface area contributed by atoms with Gasteiger partial charge in [-0.15, -0.1) is 0 Å². The first-order chi connectivity index (χ1) is 13.6. The zero-order valence-corrected chi connectivity index (χ0v) is 14.9. The Morgan fingerprint density at radius 1 is 0.929 bits per heavy atom. The number of hydrogen-bond donors (Lipinski definition) is 2. The number of fused-ring (bicyclic) bond motifs is 2. The predicted molar refractivity (Wildman–Crippen MR) is 105 cm³/mol. The number of nitrogens with zero attached hydrogens (tertiary/aromatic N) is 3. The smallest absolute Gasteiger partial charge is 0.253 e. The Balaban J connectivity index is 1.55. The summed E-state index contributed by atoms with van der Waals surface area (Å²) in [6, 6.07) is 15.7. The number of aromatic nitrogens is 3. The number of nitrogens with one attached hydrogen (secondary N) is 1. The summed E-state index contributed by atoms with van der Waals surface area (Å²) in [5.74, 6) is -1.06. The van der Waals surface area contributed by atoms with Crippen molar-refractivity contribution in [3.05, 3.63) is 78.2 Å². The summed E-state index contributed by atoms with van der Waals surface area (Å²) in [5, 5.41) is 3.51. The fraction of sp³-hybridized carbons (Fsp3) is 0.0952. The molecule has 28 heavy (non-hydrogen) atoms. The normalized spacial score (nSPS) is 12.0. The summed E-state index contributed by atoms with van der Waals surface area (Å²) in [7, 11) is 0. The van der Waals surface area contributed by atoms with Crippen LogP contribution in [0.1, 0.15) is 16.1 Å². The van der Waals surface area contributed by atoms with Gasteiger partial charge in [0, 0.05) is 24.2 Å². The van der Waals surface area contributed by atoms with Crippen molar-refractivity contribution in [2.24, 2.45) is 5.73 Å². The molecule has 0 fully saturated rings. The fourth-order valence-corrected chi connectivity index (χ4v) is 2.96. The molecule has 0 aliphatic rings. The number of rotatable bonds is 5. The third-order valence-corrected chi connectivity index (χ3v) is 4.41. The van der Waals surface area contributed by atoms with Crippen LogP contribution >= 0.6 is 0 Å². The van der Waals surface area contributed by atoms with Crippen LogP contribution in [0.3, 0.4) is 0 Å². The molecule has 0 bridgehead atoms. The summed E-state index contributed by atoms with van der Waals surface area (Å²) < 4.78 is 0. The molecule has 0 aliphatic heterocycles. The van der Waals surface area contributed by atoms with E-state index in [0.717, 1.165) is 16.4 Å². The van der Waals surface area contributed by atoms with Crippen LogP contribution in [0.5, 0.6) is 0 Å². The van der Waals surface area contributed by atoms with Crippen LogP contribution in [0.2, 0.25) is 0 Å². The zero-order valence-electron chi connectivity index (χ0n) is 14.9. The SMILES string of the molecule is NC(=O)[C@@H](Cc1cnc2ccccc2n1)NC(=O)c1cnc2ccccc2c1. The highest BCUT2D eigenvalue weighted by atomic mass is 16.2. The molecule has 0 spiro atoms. The first kappa shape index (κ1) is 17.5. The van der Waals surface area contributed by atoms with E-state index in [-0.39, 0.29) is 6.42 Å². The van der Waals surface area contributed by atoms with E-state index in [0.29, 0.717) is 16.8 Å². The van der Waals surface area contributed by atoms with Crippen LogP contribution < -0.4 is 11.1 Å². The maximum Gasteiger partial charge on any atom is 0.253 e. The van der Waals surface area contributed by atoms with Crippen molar-refractivity contribution in [2.45, 2.75) is 12.5 Å². The van der Waals surface area contributed by atoms with Crippen molar-refractivity contribution in [2.75, 3.05) is 0 Å². The molecule has 4 rings (SSSR count). The summed E-state index contributed by atoms with van der Waals surface area (Å²) in [4.78, 5) is 37.6. The molecule has 0 unspecified atom stereocenters. The second kappa shape index (κ2) is 7.40. The van der Waals surface area contributed by atoms with Gasteiger partial charge >= 0.3 is 0 Å². The third kappa shape index (κ3) is 3.64. The zero-order chi connectivity index (χ0) is 19.5. The molecule has 7 heteroatoms. The van der Waals surface area contributed by atoms with Gasteiger partial charge in [0.2, 0.25) is 5.91 Å². The molecule has 138 valence electrons. The molecule has 2 heterocycles. The van der Waals surface area contributed by atoms with Crippen LogP contribution in [-0.2, 0) is 11.2 Å². The Hall–Kier alpha value is -3.87. The van der Waals surface area contributed by atoms with Gasteiger partial charge < -0.3 is 11.1 Å². The molecule has 1 atom stereocenters. The number of benzene rings is 2. The highest BCUT2D eigenvalue weighted by Gasteiger charge is 2.21. The molecule has 2 aromatic heterocycles. The van der Waals surface area contributed by atoms with E-state index < -0.39 is 17.9 Å². The van der Waals surface area contributed by atoms with Crippen LogP contribution in [-0.4, -0.2) is 32.8 Å². The minimum absolute atomic E-state index is 0.153. The maximum absolute atomic E-state index is 12.6. The first-order valence-corrected chi connectivity index (χ1v) is 8.76. The molecule has 0 aliphatic carbocycles. The quantitative estimate of drug-likeness (QED) is 0.557. The lowest BCUT2D eigenvalue weighted by Crippen LogP contribution is -2.46. The van der Waals surface area contributed by atoms with E-state index in [1.807, 2.05) is 48.5 Å². The highest BCUT2D eigenvalue weighted by Crippen LogP contribution is 2.13. The number of carbonyl (C=O) groups excluding carboxylic acids is 2. The van der Waals surface area contributed by atoms with Gasteiger partial charge in [-0.05, 0) is 24.3 Å². The Labute approximate surface area is 160 Å². The number of hydrogen-bond acceptors (Lipinski definition) is 5. The van der Waals surface area contributed by atoms with Gasteiger partial charge in [-0.1, -0.05) is 30.3 Å². The lowest BCUT2D eigenvalue weighted by molar-refractivity contribution is -0.119. The average molecular weight is 371 g/mol. The third-order valence-electron chi connectivity index (χ3n) is 4.41. The van der Waals surface area contributed by atoms with Crippen molar-refractivity contribution in [3.63, 3.8) is 0 Å². The highest BCUT2D eigenvalue weighted by molar-refractivity contribution is 5.99. The summed E-state index contributed by atoms with van der Waals surface area (Å²) in [6.07, 6.45) is 3.22. The minimum atomic E-state index is -0.908. The maximum atomic E-state index is 12.6. The first-order valence-electron chi connectivity index (χ1n) is 8.76. The molecule has 0 saturated heterocycles. The standard InChI is InChI=1S/C21H17N5O2/c22-20(27)19(10-15-12-24-17-7-3-4-8-18(17)25-15)26-21(28)14-9-13-5-1-2-6-16(13)23-11-14/h1-9,11-12,19H,10H2,(H2,22,27)(H,26,28)/t19-/m1/s1. The topological polar surface area (TPSA) is 111 Å². The van der Waals surface area contributed by atoms with Gasteiger partial charge in [-0.25, -0.2) is 4.98 Å². The minimum Gasteiger partial charge on any atom is -0.368 e. The predicted octanol–water partition coefficient (Wildman–Crippen LogP) is 2.00. The van der Waals surface area contributed by atoms with Crippen molar-refractivity contribution in [1.82, 2.24) is 20.3 Å². The van der Waals surface area contributed by atoms with Crippen molar-refractivity contribution in [3.8, 4) is 0 Å². The van der Waals surface area contributed by atoms with Crippen LogP contribution in [0.4, 0.5) is 0 Å². The van der Waals surface area contributed by atoms with Gasteiger partial charge in [0.25, 0.3) is 5.91 Å². The van der Waals surface area contributed by atoms with Crippen LogP contribution in [0.15, 0.2) is 67.0 Å². The van der Waals surface area contributed by atoms with E-state index in [4.69, 9.17) is 5.73 Å². The van der Waals surface area contributed by atoms with Crippen molar-refractivity contribution >= 4 is 33.8 Å². The van der Waals surface area contributed by atoms with Crippen molar-refractivity contribution < 1.29 is 9.59 Å². The van der Waals surface area contributed by atoms with Gasteiger partial charge in [0.15, 0.2) is 0 Å². The molecule has 3 N–H and O–H groups in total. The lowest BCUT2D eigenvalue weighted by Gasteiger charge is -2.15. The van der Waals surface area contributed by atoms with E-state index >= 15 is 0 Å². The molecular formula is C21H17N5O2. The van der Waals surface area contributed by atoms with Gasteiger partial charge in [0.05, 0.1) is 27.8 Å². The molecule has 0 radical (unpaired) electrons. The monoisotopic (exact) mass is 371 g/mol. The summed E-state index contributed by atoms with van der Waals surface area (Å²) >= 11 is 0. The number of pyridine rings is 1. The molecular weight excluding hydrogens is 354 g/mol. The molecule has 0 saturated carbocycles. The number of amides is 2. The van der Waals surface area contributed by atoms with E-state index in [9.17, 15) is 9.59 Å². The fourth-order valence-electron chi connectivity index (χ4n) is 2.96. The Bertz CT molecular complexity index is 1190. The molecule has 2 aromatic carbocycles. The van der Waals surface area contributed by atoms with E-state index in [1.54, 1.807) is 12.3 Å². The molecule has 7 nitrogen and oxygen atoms in total. The largest absolute Gasteiger partial charge is 0.368 e. The van der Waals surface area contributed by atoms with Crippen LogP contribution in [0.25, 0.3) is 21.9 Å². The second-order valence-electron chi connectivity index (χ2n) is 6.40. The van der Waals surface area contributed by atoms with E-state index in [2.05, 4.69) is 20.3 Å². The second-order valence-corrected chi connectivity index (χ2v) is 6.40. The summed E-state index contributed by atoms with van der Waals surface area (Å²) in [5.41, 5.74) is 8.68. The number of nitrogens with two attached hydrogens (primary N) is 1. The van der Waals surface area contributed by atoms with Gasteiger partial charge in [0.1, 0.15) is 6.04 Å². The number of para-hydroxylation sites is 3.